The van der Waals surface area contributed by atoms with Gasteiger partial charge in [0.15, 0.2) is 11.9 Å². The van der Waals surface area contributed by atoms with Crippen molar-refractivity contribution in [3.63, 3.8) is 0 Å². The van der Waals surface area contributed by atoms with E-state index >= 15 is 0 Å². The van der Waals surface area contributed by atoms with Crippen molar-refractivity contribution in [3.8, 4) is 5.75 Å². The van der Waals surface area contributed by atoms with E-state index in [2.05, 4.69) is 35.8 Å². The topological polar surface area (TPSA) is 258 Å². The lowest BCUT2D eigenvalue weighted by Gasteiger charge is -2.12. The monoisotopic (exact) mass is 767 g/mol. The van der Waals surface area contributed by atoms with E-state index in [4.69, 9.17) is 16.2 Å². The van der Waals surface area contributed by atoms with E-state index in [1.54, 1.807) is 45.2 Å². The second-order valence-corrected chi connectivity index (χ2v) is 12.5. The molecule has 0 bridgehead atoms. The molecule has 19 nitrogen and oxygen atoms in total. The Labute approximate surface area is 321 Å². The van der Waals surface area contributed by atoms with E-state index in [0.29, 0.717) is 70.5 Å². The molecule has 5 aromatic heterocycles. The molecule has 1 aromatic carbocycles. The summed E-state index contributed by atoms with van der Waals surface area (Å²) in [5, 5.41) is 23.6. The maximum Gasteiger partial charge on any atom is 0.276 e. The normalized spacial score (nSPS) is 11.2. The zero-order chi connectivity index (χ0) is 40.5. The Morgan fingerprint density at radius 2 is 1.50 bits per heavy atom. The molecule has 0 spiro atoms. The number of carbonyl (C=O) groups is 4. The van der Waals surface area contributed by atoms with Crippen LogP contribution in [0, 0.1) is 13.8 Å². The number of fused-ring (bicyclic) bond motifs is 2. The third kappa shape index (κ3) is 8.90. The number of anilines is 2. The number of allylic oxidation sites excluding steroid dienone is 2. The predicted octanol–water partition coefficient (Wildman–Crippen LogP) is 2.84. The summed E-state index contributed by atoms with van der Waals surface area (Å²) in [6.07, 6.45) is 6.36. The van der Waals surface area contributed by atoms with E-state index in [1.165, 1.54) is 12.3 Å². The lowest BCUT2D eigenvalue weighted by molar-refractivity contribution is 0.0991. The van der Waals surface area contributed by atoms with Crippen molar-refractivity contribution in [1.29, 1.82) is 0 Å². The number of pyridine rings is 1. The maximum atomic E-state index is 13.3. The number of nitrogens with one attached hydrogen (secondary N) is 2. The highest BCUT2D eigenvalue weighted by Gasteiger charge is 2.20. The van der Waals surface area contributed by atoms with Gasteiger partial charge in [0.25, 0.3) is 5.91 Å². The summed E-state index contributed by atoms with van der Waals surface area (Å²) in [7, 11) is 1.73. The zero-order valence-electron chi connectivity index (χ0n) is 31.8. The van der Waals surface area contributed by atoms with E-state index in [-0.39, 0.29) is 36.8 Å². The lowest BCUT2D eigenvalue weighted by Crippen LogP contribution is -2.20. The first-order valence-corrected chi connectivity index (χ1v) is 17.8. The number of ether oxygens (including phenoxy) is 1. The molecule has 7 N–H and O–H groups in total. The molecule has 0 aliphatic heterocycles. The van der Waals surface area contributed by atoms with Crippen LogP contribution >= 0.6 is 0 Å². The average molecular weight is 768 g/mol. The third-order valence-corrected chi connectivity index (χ3v) is 8.50. The standard InChI is InChI=1S/C30H35N11O5.C7H10N2O/c1-4-41-22(12-17(2)38-41)28(45)37-30-36-21-14-19(26(32)44)16-34-27(21)40(30)9-6-5-8-39-24-20(35-29(39)33-3)13-18(25(31)43)15-23(24)46-11-7-10-42;1-3-9-7(5-10)4-6(2)8-9/h5-6,12-16,42H,4,7-11H2,1-3H3,(H2,31,43)(H2,32,44)(H,33,35)(H,36,37,45);4-5H,3H2,1-2H3/b6-5+;. The Morgan fingerprint density at radius 3 is 2.12 bits per heavy atom. The highest BCUT2D eigenvalue weighted by atomic mass is 16.5. The van der Waals surface area contributed by atoms with Gasteiger partial charge in [0.1, 0.15) is 28.2 Å². The van der Waals surface area contributed by atoms with E-state index in [1.807, 2.05) is 44.4 Å². The molecule has 6 rings (SSSR count). The van der Waals surface area contributed by atoms with Crippen LogP contribution in [0.25, 0.3) is 22.2 Å². The molecule has 0 aliphatic carbocycles. The Hall–Kier alpha value is -6.89. The van der Waals surface area contributed by atoms with Gasteiger partial charge in [0.05, 0.1) is 29.1 Å². The number of aryl methyl sites for hydroxylation is 4. The van der Waals surface area contributed by atoms with Gasteiger partial charge in [-0.2, -0.15) is 10.2 Å². The number of amides is 3. The Balaban J connectivity index is 0.000000522. The van der Waals surface area contributed by atoms with Gasteiger partial charge < -0.3 is 31.2 Å². The van der Waals surface area contributed by atoms with Gasteiger partial charge in [-0.05, 0) is 58.0 Å². The first-order valence-electron chi connectivity index (χ1n) is 17.8. The molecule has 56 heavy (non-hydrogen) atoms. The minimum absolute atomic E-state index is 0.0473. The Kier molecular flexibility index (Phi) is 12.9. The maximum absolute atomic E-state index is 13.3. The van der Waals surface area contributed by atoms with Crippen LogP contribution in [0.5, 0.6) is 5.75 Å². The lowest BCUT2D eigenvalue weighted by atomic mass is 10.1. The highest BCUT2D eigenvalue weighted by Crippen LogP contribution is 2.31. The summed E-state index contributed by atoms with van der Waals surface area (Å²) in [6, 6.07) is 8.15. The predicted molar refractivity (Wildman–Crippen MR) is 209 cm³/mol. The molecule has 3 amide bonds. The molecule has 0 saturated heterocycles. The van der Waals surface area contributed by atoms with Crippen molar-refractivity contribution in [1.82, 2.24) is 43.6 Å². The van der Waals surface area contributed by atoms with E-state index in [0.717, 1.165) is 18.5 Å². The number of nitrogens with zero attached hydrogens (tertiary/aromatic N) is 9. The number of rotatable bonds is 16. The first kappa shape index (κ1) is 40.3. The van der Waals surface area contributed by atoms with Crippen LogP contribution in [0.15, 0.2) is 48.7 Å². The summed E-state index contributed by atoms with van der Waals surface area (Å²) >= 11 is 0. The number of hydrogen-bond donors (Lipinski definition) is 5. The number of carbonyl (C=O) groups excluding carboxylic acids is 4. The summed E-state index contributed by atoms with van der Waals surface area (Å²) < 4.78 is 12.8. The molecule has 0 aliphatic rings. The van der Waals surface area contributed by atoms with Gasteiger partial charge >= 0.3 is 0 Å². The van der Waals surface area contributed by atoms with Crippen molar-refractivity contribution < 1.29 is 29.0 Å². The number of primary amides is 2. The molecule has 0 atom stereocenters. The summed E-state index contributed by atoms with van der Waals surface area (Å²) in [4.78, 5) is 60.9. The van der Waals surface area contributed by atoms with Gasteiger partial charge in [-0.25, -0.2) is 15.0 Å². The number of hydrogen-bond acceptors (Lipinski definition) is 12. The van der Waals surface area contributed by atoms with Gasteiger partial charge in [0, 0.05) is 58.0 Å². The molecule has 5 heterocycles. The van der Waals surface area contributed by atoms with Crippen LogP contribution in [0.2, 0.25) is 0 Å². The van der Waals surface area contributed by atoms with Gasteiger partial charge in [-0.3, -0.25) is 38.4 Å². The summed E-state index contributed by atoms with van der Waals surface area (Å²) in [6.45, 7) is 9.58. The number of aliphatic hydroxyl groups excluding tert-OH is 1. The molecular formula is C37H45N13O6. The molecule has 19 heteroatoms. The highest BCUT2D eigenvalue weighted by molar-refractivity contribution is 6.03. The molecule has 0 radical (unpaired) electrons. The SMILES string of the molecule is CCn1nc(C)cc1C(=O)Nc1nc2cc(C(N)=O)cnc2n1C/C=C/Cn1c(NC)nc2cc(C(N)=O)cc(OCCCO)c21.CCn1nc(C)cc1C=O. The Bertz CT molecular complexity index is 2420. The molecule has 0 saturated carbocycles. The number of aliphatic hydroxyl groups is 1. The molecule has 0 fully saturated rings. The fraction of sp³-hybridized carbons (Fsp3) is 0.324. The van der Waals surface area contributed by atoms with Crippen LogP contribution in [0.3, 0.4) is 0 Å². The van der Waals surface area contributed by atoms with Gasteiger partial charge in [-0.15, -0.1) is 0 Å². The van der Waals surface area contributed by atoms with Crippen molar-refractivity contribution in [2.24, 2.45) is 11.5 Å². The quantitative estimate of drug-likeness (QED) is 0.0541. The van der Waals surface area contributed by atoms with Crippen LogP contribution in [0.1, 0.15) is 73.3 Å². The van der Waals surface area contributed by atoms with Crippen LogP contribution in [-0.2, 0) is 26.2 Å². The fourth-order valence-electron chi connectivity index (χ4n) is 5.92. The number of aldehydes is 1. The third-order valence-electron chi connectivity index (χ3n) is 8.50. The van der Waals surface area contributed by atoms with E-state index < -0.39 is 17.7 Å². The summed E-state index contributed by atoms with van der Waals surface area (Å²) in [5.74, 6) is -0.502. The van der Waals surface area contributed by atoms with Crippen LogP contribution in [-0.4, -0.2) is 93.0 Å². The average Bonchev–Trinajstić information content (AvgIpc) is 3.95. The van der Waals surface area contributed by atoms with Crippen LogP contribution in [0.4, 0.5) is 11.9 Å². The first-order chi connectivity index (χ1) is 26.9. The van der Waals surface area contributed by atoms with Crippen molar-refractivity contribution in [2.75, 3.05) is 30.9 Å². The van der Waals surface area contributed by atoms with Crippen molar-refractivity contribution in [3.05, 3.63) is 82.6 Å². The zero-order valence-corrected chi connectivity index (χ0v) is 31.8. The summed E-state index contributed by atoms with van der Waals surface area (Å²) in [5.41, 5.74) is 16.0. The molecule has 6 aromatic rings. The molecule has 0 unspecified atom stereocenters. The number of nitrogens with two attached hydrogens (primary N) is 2. The second kappa shape index (κ2) is 18.0. The second-order valence-electron chi connectivity index (χ2n) is 12.5. The van der Waals surface area contributed by atoms with Gasteiger partial charge in [-0.1, -0.05) is 12.2 Å². The fourth-order valence-corrected chi connectivity index (χ4v) is 5.92. The number of imidazole rings is 2. The molecular weight excluding hydrogens is 722 g/mol. The van der Waals surface area contributed by atoms with Gasteiger partial charge in [0.2, 0.25) is 23.7 Å². The minimum atomic E-state index is -0.646. The number of benzene rings is 1. The van der Waals surface area contributed by atoms with E-state index in [9.17, 15) is 24.3 Å². The van der Waals surface area contributed by atoms with Crippen LogP contribution < -0.4 is 26.8 Å². The largest absolute Gasteiger partial charge is 0.491 e. The van der Waals surface area contributed by atoms with Crippen molar-refractivity contribution >= 4 is 58.1 Å². The van der Waals surface area contributed by atoms with Crippen molar-refractivity contribution in [2.45, 2.75) is 60.3 Å². The number of aromatic nitrogens is 9. The molecule has 294 valence electrons. The Morgan fingerprint density at radius 1 is 0.857 bits per heavy atom. The minimum Gasteiger partial charge on any atom is -0.491 e. The smallest absolute Gasteiger partial charge is 0.276 e.